The molecule has 2 atom stereocenters. The second kappa shape index (κ2) is 7.53. The van der Waals surface area contributed by atoms with Gasteiger partial charge in [-0.15, -0.1) is 0 Å². The summed E-state index contributed by atoms with van der Waals surface area (Å²) >= 11 is 1.65. The summed E-state index contributed by atoms with van der Waals surface area (Å²) in [4.78, 5) is 11.4. The SMILES string of the molecule is CSC(CO)C(C)NCCn1ccccc1=O. The lowest BCUT2D eigenvalue weighted by molar-refractivity contribution is 0.275. The van der Waals surface area contributed by atoms with Gasteiger partial charge in [-0.25, -0.2) is 0 Å². The summed E-state index contributed by atoms with van der Waals surface area (Å²) in [6.45, 7) is 3.59. The number of aliphatic hydroxyl groups is 1. The molecule has 0 fully saturated rings. The van der Waals surface area contributed by atoms with E-state index in [1.807, 2.05) is 19.2 Å². The van der Waals surface area contributed by atoms with E-state index in [9.17, 15) is 4.79 Å². The van der Waals surface area contributed by atoms with Gasteiger partial charge in [-0.3, -0.25) is 4.79 Å². The van der Waals surface area contributed by atoms with Crippen LogP contribution in [0.25, 0.3) is 0 Å². The molecule has 2 unspecified atom stereocenters. The molecular weight excluding hydrogens is 236 g/mol. The molecule has 0 spiro atoms. The maximum atomic E-state index is 11.4. The summed E-state index contributed by atoms with van der Waals surface area (Å²) in [6, 6.07) is 5.38. The standard InChI is InChI=1S/C12H20N2O2S/c1-10(11(9-15)17-2)13-6-8-14-7-4-3-5-12(14)16/h3-5,7,10-11,13,15H,6,8-9H2,1-2H3. The molecule has 0 aliphatic rings. The Kier molecular flexibility index (Phi) is 6.32. The van der Waals surface area contributed by atoms with Crippen molar-refractivity contribution >= 4 is 11.8 Å². The lowest BCUT2D eigenvalue weighted by Gasteiger charge is -2.21. The highest BCUT2D eigenvalue weighted by Gasteiger charge is 2.13. The van der Waals surface area contributed by atoms with Crippen LogP contribution in [0.2, 0.25) is 0 Å². The normalized spacial score (nSPS) is 14.5. The molecular formula is C12H20N2O2S. The summed E-state index contributed by atoms with van der Waals surface area (Å²) in [5, 5.41) is 12.7. The van der Waals surface area contributed by atoms with Crippen molar-refractivity contribution in [3.8, 4) is 0 Å². The van der Waals surface area contributed by atoms with Crippen LogP contribution in [-0.4, -0.2) is 40.4 Å². The van der Waals surface area contributed by atoms with Gasteiger partial charge in [0.2, 0.25) is 0 Å². The fraction of sp³-hybridized carbons (Fsp3) is 0.583. The molecule has 4 nitrogen and oxygen atoms in total. The Labute approximate surface area is 106 Å². The van der Waals surface area contributed by atoms with Crippen LogP contribution in [0.3, 0.4) is 0 Å². The fourth-order valence-corrected chi connectivity index (χ4v) is 2.28. The minimum Gasteiger partial charge on any atom is -0.395 e. The van der Waals surface area contributed by atoms with E-state index in [4.69, 9.17) is 5.11 Å². The molecule has 1 aromatic rings. The van der Waals surface area contributed by atoms with Crippen molar-refractivity contribution in [3.05, 3.63) is 34.7 Å². The minimum atomic E-state index is 0.0190. The highest BCUT2D eigenvalue weighted by molar-refractivity contribution is 7.99. The van der Waals surface area contributed by atoms with E-state index in [1.54, 1.807) is 34.7 Å². The predicted molar refractivity (Wildman–Crippen MR) is 72.6 cm³/mol. The Morgan fingerprint density at radius 1 is 1.53 bits per heavy atom. The van der Waals surface area contributed by atoms with Crippen molar-refractivity contribution in [2.24, 2.45) is 0 Å². The summed E-state index contributed by atoms with van der Waals surface area (Å²) in [5.41, 5.74) is 0.0190. The van der Waals surface area contributed by atoms with Gasteiger partial charge >= 0.3 is 0 Å². The zero-order valence-corrected chi connectivity index (χ0v) is 11.1. The molecule has 1 heterocycles. The summed E-state index contributed by atoms with van der Waals surface area (Å²) in [6.07, 6.45) is 3.77. The number of aliphatic hydroxyl groups excluding tert-OH is 1. The molecule has 1 aromatic heterocycles. The molecule has 5 heteroatoms. The van der Waals surface area contributed by atoms with Crippen LogP contribution in [-0.2, 0) is 6.54 Å². The van der Waals surface area contributed by atoms with Gasteiger partial charge < -0.3 is 15.0 Å². The number of aromatic nitrogens is 1. The maximum absolute atomic E-state index is 11.4. The Morgan fingerprint density at radius 2 is 2.29 bits per heavy atom. The van der Waals surface area contributed by atoms with Crippen LogP contribution in [0.4, 0.5) is 0 Å². The van der Waals surface area contributed by atoms with Gasteiger partial charge in [0, 0.05) is 36.6 Å². The third-order valence-corrected chi connectivity index (χ3v) is 3.92. The quantitative estimate of drug-likeness (QED) is 0.748. The number of pyridine rings is 1. The van der Waals surface area contributed by atoms with E-state index in [1.165, 1.54) is 0 Å². The van der Waals surface area contributed by atoms with Crippen molar-refractivity contribution in [1.29, 1.82) is 0 Å². The summed E-state index contributed by atoms with van der Waals surface area (Å²) in [7, 11) is 0. The largest absolute Gasteiger partial charge is 0.395 e. The van der Waals surface area contributed by atoms with Crippen molar-refractivity contribution in [1.82, 2.24) is 9.88 Å². The Hall–Kier alpha value is -0.780. The van der Waals surface area contributed by atoms with Crippen LogP contribution in [0.1, 0.15) is 6.92 Å². The number of hydrogen-bond donors (Lipinski definition) is 2. The van der Waals surface area contributed by atoms with E-state index < -0.39 is 0 Å². The van der Waals surface area contributed by atoms with Crippen molar-refractivity contribution < 1.29 is 5.11 Å². The topological polar surface area (TPSA) is 54.3 Å². The van der Waals surface area contributed by atoms with E-state index in [2.05, 4.69) is 5.32 Å². The van der Waals surface area contributed by atoms with Crippen LogP contribution in [0, 0.1) is 0 Å². The molecule has 0 amide bonds. The van der Waals surface area contributed by atoms with E-state index in [-0.39, 0.29) is 23.5 Å². The Balaban J connectivity index is 2.38. The molecule has 0 aliphatic carbocycles. The number of nitrogens with one attached hydrogen (secondary N) is 1. The van der Waals surface area contributed by atoms with E-state index in [0.717, 1.165) is 6.54 Å². The second-order valence-electron chi connectivity index (χ2n) is 3.93. The van der Waals surface area contributed by atoms with Crippen LogP contribution < -0.4 is 10.9 Å². The van der Waals surface area contributed by atoms with Crippen LogP contribution in [0.15, 0.2) is 29.2 Å². The number of thioether (sulfide) groups is 1. The van der Waals surface area contributed by atoms with Crippen molar-refractivity contribution in [2.45, 2.75) is 24.8 Å². The fourth-order valence-electron chi connectivity index (χ4n) is 1.63. The molecule has 0 radical (unpaired) electrons. The highest BCUT2D eigenvalue weighted by atomic mass is 32.2. The third kappa shape index (κ3) is 4.53. The summed E-state index contributed by atoms with van der Waals surface area (Å²) < 4.78 is 1.67. The first-order chi connectivity index (χ1) is 8.19. The van der Waals surface area contributed by atoms with Gasteiger partial charge in [0.15, 0.2) is 0 Å². The Bertz CT molecular complexity index is 377. The van der Waals surface area contributed by atoms with Crippen molar-refractivity contribution in [2.75, 3.05) is 19.4 Å². The first-order valence-corrected chi connectivity index (χ1v) is 7.00. The average molecular weight is 256 g/mol. The third-order valence-electron chi connectivity index (χ3n) is 2.76. The zero-order valence-electron chi connectivity index (χ0n) is 10.3. The first kappa shape index (κ1) is 14.3. The molecule has 0 saturated heterocycles. The first-order valence-electron chi connectivity index (χ1n) is 5.71. The average Bonchev–Trinajstić information content (AvgIpc) is 2.33. The van der Waals surface area contributed by atoms with Gasteiger partial charge in [-0.1, -0.05) is 6.07 Å². The van der Waals surface area contributed by atoms with Crippen molar-refractivity contribution in [3.63, 3.8) is 0 Å². The molecule has 0 aliphatic heterocycles. The van der Waals surface area contributed by atoms with Gasteiger partial charge in [-0.2, -0.15) is 11.8 Å². The smallest absolute Gasteiger partial charge is 0.250 e. The Morgan fingerprint density at radius 3 is 2.88 bits per heavy atom. The summed E-state index contributed by atoms with van der Waals surface area (Å²) in [5.74, 6) is 0. The highest BCUT2D eigenvalue weighted by Crippen LogP contribution is 2.09. The van der Waals surface area contributed by atoms with Crippen LogP contribution >= 0.6 is 11.8 Å². The lowest BCUT2D eigenvalue weighted by atomic mass is 10.2. The van der Waals surface area contributed by atoms with Gasteiger partial charge in [-0.05, 0) is 19.2 Å². The predicted octanol–water partition coefficient (Wildman–Crippen LogP) is 0.550. The molecule has 0 saturated carbocycles. The molecule has 1 rings (SSSR count). The van der Waals surface area contributed by atoms with E-state index >= 15 is 0 Å². The maximum Gasteiger partial charge on any atom is 0.250 e. The molecule has 2 N–H and O–H groups in total. The number of hydrogen-bond acceptors (Lipinski definition) is 4. The molecule has 96 valence electrons. The molecule has 0 bridgehead atoms. The monoisotopic (exact) mass is 256 g/mol. The van der Waals surface area contributed by atoms with Gasteiger partial charge in [0.05, 0.1) is 6.61 Å². The number of nitrogens with zero attached hydrogens (tertiary/aromatic N) is 1. The minimum absolute atomic E-state index is 0.0190. The van der Waals surface area contributed by atoms with Gasteiger partial charge in [0.25, 0.3) is 5.56 Å². The second-order valence-corrected chi connectivity index (χ2v) is 5.01. The van der Waals surface area contributed by atoms with Crippen LogP contribution in [0.5, 0.6) is 0 Å². The molecule has 0 aromatic carbocycles. The number of rotatable bonds is 7. The lowest BCUT2D eigenvalue weighted by Crippen LogP contribution is -2.39. The zero-order chi connectivity index (χ0) is 12.7. The van der Waals surface area contributed by atoms with Gasteiger partial charge in [0.1, 0.15) is 0 Å². The van der Waals surface area contributed by atoms with E-state index in [0.29, 0.717) is 6.54 Å². The molecule has 17 heavy (non-hydrogen) atoms.